The number of halogens is 2. The van der Waals surface area contributed by atoms with E-state index in [1.165, 1.54) is 38.5 Å². The van der Waals surface area contributed by atoms with Crippen LogP contribution in [-0.2, 0) is 22.7 Å². The van der Waals surface area contributed by atoms with Crippen molar-refractivity contribution in [2.24, 2.45) is 0 Å². The lowest BCUT2D eigenvalue weighted by atomic mass is 10.1. The van der Waals surface area contributed by atoms with Gasteiger partial charge >= 0.3 is 5.97 Å². The second-order valence-electron chi connectivity index (χ2n) is 7.48. The van der Waals surface area contributed by atoms with E-state index in [1.807, 2.05) is 0 Å². The van der Waals surface area contributed by atoms with Crippen molar-refractivity contribution in [2.45, 2.75) is 13.2 Å². The molecule has 2 aromatic carbocycles. The van der Waals surface area contributed by atoms with E-state index in [9.17, 15) is 18.8 Å². The van der Waals surface area contributed by atoms with Crippen molar-refractivity contribution in [3.8, 4) is 11.5 Å². The zero-order valence-electron chi connectivity index (χ0n) is 19.1. The Kier molecular flexibility index (Phi) is 7.80. The van der Waals surface area contributed by atoms with Crippen molar-refractivity contribution >= 4 is 50.9 Å². The fourth-order valence-corrected chi connectivity index (χ4v) is 4.77. The molecule has 4 rings (SSSR count). The van der Waals surface area contributed by atoms with Crippen molar-refractivity contribution in [1.82, 2.24) is 4.90 Å². The van der Waals surface area contributed by atoms with E-state index in [-0.39, 0.29) is 35.4 Å². The van der Waals surface area contributed by atoms with Crippen LogP contribution in [-0.4, -0.2) is 36.2 Å². The molecule has 0 N–H and O–H groups in total. The predicted octanol–water partition coefficient (Wildman–Crippen LogP) is 5.79. The number of ether oxygens (including phenoxy) is 3. The van der Waals surface area contributed by atoms with Gasteiger partial charge in [-0.05, 0) is 81.3 Å². The van der Waals surface area contributed by atoms with E-state index in [0.717, 1.165) is 16.7 Å². The van der Waals surface area contributed by atoms with Crippen LogP contribution in [0.4, 0.5) is 9.18 Å². The Bertz CT molecular complexity index is 1370. The van der Waals surface area contributed by atoms with Gasteiger partial charge in [0.2, 0.25) is 5.76 Å². The van der Waals surface area contributed by atoms with Gasteiger partial charge in [0.25, 0.3) is 11.1 Å². The standard InChI is InChI=1S/C25H19BrFNO7S/c1-32-20-10-15(9-18(26)22(20)34-13-14-4-3-5-16(27)8-14)11-21-23(29)28(25(31)36-21)12-17-6-7-19(35-17)24(30)33-2/h3-11H,12-13H2,1-2H3/b21-11+. The van der Waals surface area contributed by atoms with E-state index in [1.54, 1.807) is 30.3 Å². The Morgan fingerprint density at radius 1 is 1.17 bits per heavy atom. The molecule has 0 aliphatic carbocycles. The van der Waals surface area contributed by atoms with E-state index in [0.29, 0.717) is 27.1 Å². The molecule has 11 heteroatoms. The molecule has 2 amide bonds. The number of nitrogens with zero attached hydrogens (tertiary/aromatic N) is 1. The highest BCUT2D eigenvalue weighted by Crippen LogP contribution is 2.39. The molecule has 1 aliphatic heterocycles. The van der Waals surface area contributed by atoms with Gasteiger partial charge in [-0.3, -0.25) is 14.5 Å². The maximum atomic E-state index is 13.4. The molecule has 1 fully saturated rings. The second kappa shape index (κ2) is 11.0. The van der Waals surface area contributed by atoms with Crippen molar-refractivity contribution in [3.05, 3.63) is 86.4 Å². The molecule has 36 heavy (non-hydrogen) atoms. The van der Waals surface area contributed by atoms with Crippen LogP contribution in [0.25, 0.3) is 6.08 Å². The summed E-state index contributed by atoms with van der Waals surface area (Å²) in [5.41, 5.74) is 1.24. The lowest BCUT2D eigenvalue weighted by molar-refractivity contribution is -0.123. The largest absolute Gasteiger partial charge is 0.493 e. The molecule has 0 atom stereocenters. The van der Waals surface area contributed by atoms with Crippen molar-refractivity contribution in [2.75, 3.05) is 14.2 Å². The van der Waals surface area contributed by atoms with Crippen LogP contribution >= 0.6 is 27.7 Å². The van der Waals surface area contributed by atoms with E-state index in [4.69, 9.17) is 13.9 Å². The molecule has 1 aliphatic rings. The van der Waals surface area contributed by atoms with Crippen LogP contribution in [0.1, 0.15) is 27.4 Å². The first-order chi connectivity index (χ1) is 17.3. The maximum absolute atomic E-state index is 13.4. The lowest BCUT2D eigenvalue weighted by Crippen LogP contribution is -2.27. The fraction of sp³-hybridized carbons (Fsp3) is 0.160. The third-order valence-electron chi connectivity index (χ3n) is 5.06. The minimum atomic E-state index is -0.654. The minimum Gasteiger partial charge on any atom is -0.493 e. The first-order valence-corrected chi connectivity index (χ1v) is 12.1. The van der Waals surface area contributed by atoms with Gasteiger partial charge in [-0.1, -0.05) is 12.1 Å². The molecule has 2 heterocycles. The number of furan rings is 1. The zero-order valence-corrected chi connectivity index (χ0v) is 21.5. The Labute approximate surface area is 218 Å². The van der Waals surface area contributed by atoms with Crippen molar-refractivity contribution < 1.29 is 37.4 Å². The number of hydrogen-bond donors (Lipinski definition) is 0. The molecular weight excluding hydrogens is 557 g/mol. The van der Waals surface area contributed by atoms with Crippen LogP contribution in [0, 0.1) is 5.82 Å². The molecule has 0 spiro atoms. The molecule has 0 bridgehead atoms. The monoisotopic (exact) mass is 575 g/mol. The Hall–Kier alpha value is -3.57. The minimum absolute atomic E-state index is 0.0216. The number of amides is 2. The molecule has 0 radical (unpaired) electrons. The van der Waals surface area contributed by atoms with Gasteiger partial charge in [-0.2, -0.15) is 0 Å². The summed E-state index contributed by atoms with van der Waals surface area (Å²) in [5.74, 6) is -0.471. The lowest BCUT2D eigenvalue weighted by Gasteiger charge is -2.14. The van der Waals surface area contributed by atoms with Crippen LogP contribution in [0.15, 0.2) is 62.3 Å². The maximum Gasteiger partial charge on any atom is 0.373 e. The quantitative estimate of drug-likeness (QED) is 0.246. The third-order valence-corrected chi connectivity index (χ3v) is 6.55. The molecule has 1 saturated heterocycles. The summed E-state index contributed by atoms with van der Waals surface area (Å²) in [5, 5.41) is -0.469. The highest BCUT2D eigenvalue weighted by Gasteiger charge is 2.36. The summed E-state index contributed by atoms with van der Waals surface area (Å²) in [4.78, 5) is 38.2. The first kappa shape index (κ1) is 25.5. The van der Waals surface area contributed by atoms with Crippen LogP contribution in [0.2, 0.25) is 0 Å². The fourth-order valence-electron chi connectivity index (χ4n) is 3.36. The van der Waals surface area contributed by atoms with Gasteiger partial charge in [-0.15, -0.1) is 0 Å². The molecule has 3 aromatic rings. The van der Waals surface area contributed by atoms with E-state index in [2.05, 4.69) is 20.7 Å². The van der Waals surface area contributed by atoms with Gasteiger partial charge in [0.15, 0.2) is 11.5 Å². The van der Waals surface area contributed by atoms with Crippen LogP contribution in [0.5, 0.6) is 11.5 Å². The summed E-state index contributed by atoms with van der Waals surface area (Å²) in [6.07, 6.45) is 1.57. The summed E-state index contributed by atoms with van der Waals surface area (Å²) in [6.45, 7) is -0.00565. The van der Waals surface area contributed by atoms with Gasteiger partial charge in [0.05, 0.1) is 30.1 Å². The summed E-state index contributed by atoms with van der Waals surface area (Å²) >= 11 is 4.24. The Morgan fingerprint density at radius 2 is 1.97 bits per heavy atom. The Morgan fingerprint density at radius 3 is 2.69 bits per heavy atom. The average molecular weight is 576 g/mol. The smallest absolute Gasteiger partial charge is 0.373 e. The second-order valence-corrected chi connectivity index (χ2v) is 9.33. The highest BCUT2D eigenvalue weighted by atomic mass is 79.9. The molecule has 1 aromatic heterocycles. The predicted molar refractivity (Wildman–Crippen MR) is 133 cm³/mol. The van der Waals surface area contributed by atoms with Gasteiger partial charge in [-0.25, -0.2) is 9.18 Å². The Balaban J connectivity index is 1.51. The third kappa shape index (κ3) is 5.63. The first-order valence-electron chi connectivity index (χ1n) is 10.5. The van der Waals surface area contributed by atoms with Crippen molar-refractivity contribution in [3.63, 3.8) is 0 Å². The molecule has 0 saturated carbocycles. The summed E-state index contributed by atoms with van der Waals surface area (Å²) in [7, 11) is 2.70. The average Bonchev–Trinajstić information content (AvgIpc) is 3.43. The van der Waals surface area contributed by atoms with Gasteiger partial charge < -0.3 is 18.6 Å². The number of hydrogen-bond acceptors (Lipinski definition) is 8. The normalized spacial score (nSPS) is 14.4. The molecule has 186 valence electrons. The van der Waals surface area contributed by atoms with Crippen LogP contribution < -0.4 is 9.47 Å². The SMILES string of the molecule is COC(=O)c1ccc(CN2C(=O)S/C(=C/c3cc(Br)c(OCc4cccc(F)c4)c(OC)c3)C2=O)o1. The van der Waals surface area contributed by atoms with Crippen molar-refractivity contribution in [1.29, 1.82) is 0 Å². The van der Waals surface area contributed by atoms with E-state index >= 15 is 0 Å². The number of rotatable bonds is 8. The number of carbonyl (C=O) groups excluding carboxylic acids is 3. The number of benzene rings is 2. The summed E-state index contributed by atoms with van der Waals surface area (Å²) in [6, 6.07) is 12.4. The molecule has 0 unspecified atom stereocenters. The number of imide groups is 1. The topological polar surface area (TPSA) is 95.3 Å². The molecular formula is C25H19BrFNO7S. The highest BCUT2D eigenvalue weighted by molar-refractivity contribution is 9.10. The van der Waals surface area contributed by atoms with Gasteiger partial charge in [0, 0.05) is 0 Å². The number of methoxy groups -OCH3 is 2. The van der Waals surface area contributed by atoms with Gasteiger partial charge in [0.1, 0.15) is 18.2 Å². The van der Waals surface area contributed by atoms with Crippen LogP contribution in [0.3, 0.4) is 0 Å². The number of esters is 1. The zero-order chi connectivity index (χ0) is 25.8. The number of carbonyl (C=O) groups is 3. The molecule has 8 nitrogen and oxygen atoms in total. The number of thioether (sulfide) groups is 1. The summed E-state index contributed by atoms with van der Waals surface area (Å²) < 4.78 is 35.2. The van der Waals surface area contributed by atoms with E-state index < -0.39 is 17.1 Å².